The van der Waals surface area contributed by atoms with Gasteiger partial charge in [0.05, 0.1) is 18.8 Å². The minimum absolute atomic E-state index is 0. The first kappa shape index (κ1) is 29.3. The number of aliphatic hydroxyl groups excluding tert-OH is 7. The topological polar surface area (TPSA) is 236 Å². The van der Waals surface area contributed by atoms with Gasteiger partial charge in [0.1, 0.15) is 54.9 Å². The molecule has 2 aliphatic rings. The molecule has 0 amide bonds. The van der Waals surface area contributed by atoms with Crippen LogP contribution in [0.2, 0.25) is 0 Å². The van der Waals surface area contributed by atoms with Crippen LogP contribution in [0.15, 0.2) is 9.59 Å². The molecule has 0 aromatic carbocycles. The zero-order valence-electron chi connectivity index (χ0n) is 18.7. The maximum atomic E-state index is 12.5. The van der Waals surface area contributed by atoms with Crippen molar-refractivity contribution >= 4 is 0 Å². The van der Waals surface area contributed by atoms with Gasteiger partial charge in [-0.1, -0.05) is 0 Å². The average Bonchev–Trinajstić information content (AvgIpc) is 2.80. The molecule has 10 atom stereocenters. The first-order chi connectivity index (χ1) is 15.5. The van der Waals surface area contributed by atoms with Gasteiger partial charge in [0.25, 0.3) is 5.56 Å². The van der Waals surface area contributed by atoms with Crippen LogP contribution in [0, 0.1) is 0 Å². The monoisotopic (exact) mass is 502 g/mol. The first-order valence-electron chi connectivity index (χ1n) is 10.0. The quantitative estimate of drug-likeness (QED) is 0.185. The van der Waals surface area contributed by atoms with E-state index in [0.717, 1.165) is 14.1 Å². The van der Waals surface area contributed by atoms with E-state index in [2.05, 4.69) is 0 Å². The van der Waals surface area contributed by atoms with Crippen molar-refractivity contribution in [2.75, 3.05) is 13.2 Å². The number of hydrogen-bond acceptors (Lipinski definition) is 13. The maximum absolute atomic E-state index is 12.5. The number of rotatable bonds is 5. The van der Waals surface area contributed by atoms with Crippen LogP contribution < -0.4 is 45.9 Å². The summed E-state index contributed by atoms with van der Waals surface area (Å²) in [6, 6.07) is 0. The molecule has 3 heterocycles. The summed E-state index contributed by atoms with van der Waals surface area (Å²) in [5.41, 5.74) is -2.64. The van der Waals surface area contributed by atoms with Gasteiger partial charge in [-0.3, -0.25) is 9.36 Å². The van der Waals surface area contributed by atoms with E-state index in [-0.39, 0.29) is 29.6 Å². The van der Waals surface area contributed by atoms with Crippen molar-refractivity contribution in [1.82, 2.24) is 9.13 Å². The number of nitrogens with zero attached hydrogens (tertiary/aromatic N) is 2. The van der Waals surface area contributed by atoms with Gasteiger partial charge in [-0.2, -0.15) is 0 Å². The molecule has 0 aliphatic carbocycles. The Morgan fingerprint density at radius 2 is 1.44 bits per heavy atom. The molecular weight excluding hydrogens is 475 g/mol. The second-order valence-corrected chi connectivity index (χ2v) is 7.98. The van der Waals surface area contributed by atoms with Crippen LogP contribution in [-0.2, 0) is 28.3 Å². The Morgan fingerprint density at radius 1 is 0.853 bits per heavy atom. The molecule has 34 heavy (non-hydrogen) atoms. The Bertz CT molecular complexity index is 966. The summed E-state index contributed by atoms with van der Waals surface area (Å²) in [4.78, 5) is 24.5. The molecule has 0 saturated carbocycles. The van der Waals surface area contributed by atoms with E-state index in [4.69, 9.17) is 14.2 Å². The summed E-state index contributed by atoms with van der Waals surface area (Å²) in [6.07, 6.45) is -17.0. The molecule has 3 rings (SSSR count). The first-order valence-corrected chi connectivity index (χ1v) is 10.0. The molecule has 0 unspecified atom stereocenters. The van der Waals surface area contributed by atoms with Gasteiger partial charge in [0.15, 0.2) is 6.29 Å². The predicted molar refractivity (Wildman–Crippen MR) is 102 cm³/mol. The van der Waals surface area contributed by atoms with Gasteiger partial charge in [0.2, 0.25) is 0 Å². The summed E-state index contributed by atoms with van der Waals surface area (Å²) in [7, 11) is 2.21. The number of ether oxygens (including phenoxy) is 3. The Kier molecular flexibility index (Phi) is 9.85. The Hall–Kier alpha value is -0.920. The molecular formula is C18H27N2NaO13. The Labute approximate surface area is 214 Å². The van der Waals surface area contributed by atoms with Crippen LogP contribution in [0.5, 0.6) is 5.88 Å². The molecule has 16 heteroatoms. The van der Waals surface area contributed by atoms with Gasteiger partial charge in [-0.25, -0.2) is 4.79 Å². The standard InChI is InChI=1S/C18H28N2O13.Na/c1-19-15(28)7(16(29)20(2)18(19)30)14-11(26)10(25)13(6(4-22)31-14)33-17-12(27)9(24)8(23)5(3-21)32-17;/h5-6,8-14,17,21-28H,3-4H2,1-2H3;/q;+1/p-1/t5-,6-,8-,9+,10-,11-,12-,13-,14+,17-;/m1./s1. The largest absolute Gasteiger partial charge is 1.00 e. The van der Waals surface area contributed by atoms with Gasteiger partial charge in [-0.15, -0.1) is 0 Å². The van der Waals surface area contributed by atoms with E-state index >= 15 is 0 Å². The maximum Gasteiger partial charge on any atom is 1.00 e. The van der Waals surface area contributed by atoms with Crippen LogP contribution in [0.1, 0.15) is 11.7 Å². The fourth-order valence-electron chi connectivity index (χ4n) is 3.92. The van der Waals surface area contributed by atoms with E-state index < -0.39 is 97.1 Å². The SMILES string of the molecule is Cn1c([O-])c([C@@H]2O[C@H](CO)[C@@H](O[C@H]3O[C@H](CO)[C@@H](O)[C@H](O)[C@H]3O)[C@H](O)[C@H]2O)c(=O)n(C)c1=O.[Na+]. The average molecular weight is 502 g/mol. The fraction of sp³-hybridized carbons (Fsp3) is 0.778. The summed E-state index contributed by atoms with van der Waals surface area (Å²) in [5, 5.41) is 82.8. The van der Waals surface area contributed by atoms with Crippen LogP contribution in [0.4, 0.5) is 0 Å². The molecule has 0 spiro atoms. The molecule has 0 radical (unpaired) electrons. The van der Waals surface area contributed by atoms with Crippen molar-refractivity contribution in [3.05, 3.63) is 26.4 Å². The molecule has 2 saturated heterocycles. The molecule has 2 aliphatic heterocycles. The second kappa shape index (κ2) is 11.4. The minimum Gasteiger partial charge on any atom is -0.860 e. The fourth-order valence-corrected chi connectivity index (χ4v) is 3.92. The summed E-state index contributed by atoms with van der Waals surface area (Å²) in [6.45, 7) is -1.59. The number of aromatic nitrogens is 2. The van der Waals surface area contributed by atoms with Gasteiger partial charge in [-0.05, 0) is 5.88 Å². The Balaban J connectivity index is 0.00000408. The van der Waals surface area contributed by atoms with E-state index in [1.807, 2.05) is 0 Å². The third-order valence-corrected chi connectivity index (χ3v) is 5.93. The van der Waals surface area contributed by atoms with E-state index in [1.165, 1.54) is 0 Å². The van der Waals surface area contributed by atoms with Crippen molar-refractivity contribution in [3.63, 3.8) is 0 Å². The molecule has 1 aromatic heterocycles. The van der Waals surface area contributed by atoms with E-state index in [0.29, 0.717) is 9.13 Å². The molecule has 1 aromatic rings. The van der Waals surface area contributed by atoms with E-state index in [9.17, 15) is 50.4 Å². The van der Waals surface area contributed by atoms with Crippen LogP contribution in [-0.4, -0.2) is 113 Å². The number of aliphatic hydroxyl groups is 7. The molecule has 188 valence electrons. The summed E-state index contributed by atoms with van der Waals surface area (Å²) in [5.74, 6) is -1.07. The molecule has 2 fully saturated rings. The van der Waals surface area contributed by atoms with Crippen molar-refractivity contribution in [2.24, 2.45) is 14.1 Å². The second-order valence-electron chi connectivity index (χ2n) is 7.98. The van der Waals surface area contributed by atoms with E-state index in [1.54, 1.807) is 0 Å². The van der Waals surface area contributed by atoms with Crippen LogP contribution in [0.25, 0.3) is 0 Å². The van der Waals surface area contributed by atoms with Crippen LogP contribution >= 0.6 is 0 Å². The Morgan fingerprint density at radius 3 is 2.00 bits per heavy atom. The zero-order chi connectivity index (χ0) is 24.8. The van der Waals surface area contributed by atoms with Crippen molar-refractivity contribution in [2.45, 2.75) is 61.2 Å². The molecule has 0 bridgehead atoms. The normalized spacial score (nSPS) is 38.4. The molecule has 15 nitrogen and oxygen atoms in total. The number of hydrogen-bond donors (Lipinski definition) is 7. The minimum atomic E-state index is -1.96. The smallest absolute Gasteiger partial charge is 0.860 e. The zero-order valence-corrected chi connectivity index (χ0v) is 20.7. The van der Waals surface area contributed by atoms with Gasteiger partial charge in [0, 0.05) is 14.1 Å². The van der Waals surface area contributed by atoms with Gasteiger partial charge >= 0.3 is 35.2 Å². The van der Waals surface area contributed by atoms with Crippen molar-refractivity contribution < 1.29 is 84.6 Å². The third-order valence-electron chi connectivity index (χ3n) is 5.93. The third kappa shape index (κ3) is 4.99. The van der Waals surface area contributed by atoms with Crippen molar-refractivity contribution in [1.29, 1.82) is 0 Å². The van der Waals surface area contributed by atoms with Gasteiger partial charge < -0.3 is 59.6 Å². The molecule has 7 N–H and O–H groups in total. The van der Waals surface area contributed by atoms with Crippen LogP contribution in [0.3, 0.4) is 0 Å². The summed E-state index contributed by atoms with van der Waals surface area (Å²) >= 11 is 0. The van der Waals surface area contributed by atoms with Crippen molar-refractivity contribution in [3.8, 4) is 5.88 Å². The summed E-state index contributed by atoms with van der Waals surface area (Å²) < 4.78 is 17.4. The predicted octanol–water partition coefficient (Wildman–Crippen LogP) is -9.50.